The summed E-state index contributed by atoms with van der Waals surface area (Å²) in [6.45, 7) is 1.44. The molecule has 2 aliphatic heterocycles. The lowest BCUT2D eigenvalue weighted by Gasteiger charge is -2.22. The zero-order valence-electron chi connectivity index (χ0n) is 18.9. The number of rotatable bonds is 6. The van der Waals surface area contributed by atoms with Crippen molar-refractivity contribution in [1.29, 1.82) is 0 Å². The number of ketones is 1. The van der Waals surface area contributed by atoms with Gasteiger partial charge in [0.25, 0.3) is 5.91 Å². The average Bonchev–Trinajstić information content (AvgIpc) is 3.55. The van der Waals surface area contributed by atoms with E-state index in [9.17, 15) is 22.8 Å². The number of benzene rings is 2. The van der Waals surface area contributed by atoms with Crippen LogP contribution in [0.25, 0.3) is 5.69 Å². The van der Waals surface area contributed by atoms with Gasteiger partial charge in [-0.2, -0.15) is 0 Å². The Morgan fingerprint density at radius 2 is 1.97 bits per heavy atom. The second kappa shape index (κ2) is 7.98. The second-order valence-electron chi connectivity index (χ2n) is 8.60. The van der Waals surface area contributed by atoms with Crippen molar-refractivity contribution in [2.24, 2.45) is 0 Å². The number of sulfonamides is 1. The van der Waals surface area contributed by atoms with Crippen LogP contribution in [0.4, 0.5) is 10.5 Å². The number of aromatic nitrogens is 4. The second-order valence-corrected chi connectivity index (χ2v) is 10.5. The molecule has 3 amide bonds. The monoisotopic (exact) mass is 495 g/mol. The molecule has 1 fully saturated rings. The van der Waals surface area contributed by atoms with E-state index < -0.39 is 39.8 Å². The molecule has 0 bridgehead atoms. The summed E-state index contributed by atoms with van der Waals surface area (Å²) >= 11 is 0. The maximum absolute atomic E-state index is 13.3. The number of imide groups is 1. The molecule has 2 aromatic carbocycles. The molecule has 1 atom stereocenters. The molecule has 0 radical (unpaired) electrons. The highest BCUT2D eigenvalue weighted by molar-refractivity contribution is 7.92. The topological polar surface area (TPSA) is 147 Å². The number of fused-ring (bicyclic) bond motifs is 1. The van der Waals surface area contributed by atoms with Crippen molar-refractivity contribution in [3.63, 3.8) is 0 Å². The van der Waals surface area contributed by atoms with E-state index in [1.807, 2.05) is 0 Å². The van der Waals surface area contributed by atoms with Crippen LogP contribution in [0.1, 0.15) is 28.4 Å². The first kappa shape index (κ1) is 22.7. The Morgan fingerprint density at radius 3 is 2.69 bits per heavy atom. The molecule has 1 unspecified atom stereocenters. The van der Waals surface area contributed by atoms with Gasteiger partial charge < -0.3 is 5.32 Å². The molecule has 0 saturated carbocycles. The van der Waals surface area contributed by atoms with Gasteiger partial charge in [0.05, 0.1) is 24.2 Å². The van der Waals surface area contributed by atoms with E-state index in [2.05, 4.69) is 20.8 Å². The molecule has 2 aliphatic rings. The molecule has 12 nitrogen and oxygen atoms in total. The standard InChI is InChI=1S/C22H21N7O5S/c1-22(16-4-3-5-17(11-16)28-13-23-25-26-28)20(31)27(21(32)24-22)12-19(30)15-6-7-18-14(10-15)8-9-29(18)35(2,33)34/h3-7,10-11,13H,8-9,12H2,1-2H3,(H,24,32). The lowest BCUT2D eigenvalue weighted by atomic mass is 9.91. The van der Waals surface area contributed by atoms with E-state index in [0.717, 1.165) is 16.7 Å². The van der Waals surface area contributed by atoms with Crippen LogP contribution in [0, 0.1) is 0 Å². The number of hydrogen-bond donors (Lipinski definition) is 1. The maximum atomic E-state index is 13.3. The normalized spacial score (nSPS) is 19.7. The van der Waals surface area contributed by atoms with Crippen LogP contribution in [-0.4, -0.2) is 70.6 Å². The van der Waals surface area contributed by atoms with Crippen molar-refractivity contribution in [1.82, 2.24) is 30.4 Å². The number of nitrogens with zero attached hydrogens (tertiary/aromatic N) is 6. The van der Waals surface area contributed by atoms with Gasteiger partial charge >= 0.3 is 6.03 Å². The summed E-state index contributed by atoms with van der Waals surface area (Å²) in [4.78, 5) is 39.9. The molecule has 1 N–H and O–H groups in total. The first-order chi connectivity index (χ1) is 16.6. The van der Waals surface area contributed by atoms with E-state index in [-0.39, 0.29) is 0 Å². The van der Waals surface area contributed by atoms with Crippen molar-refractivity contribution in [2.75, 3.05) is 23.7 Å². The van der Waals surface area contributed by atoms with Crippen molar-refractivity contribution >= 4 is 33.4 Å². The Balaban J connectivity index is 1.37. The predicted octanol–water partition coefficient (Wildman–Crippen LogP) is 0.634. The van der Waals surface area contributed by atoms with E-state index >= 15 is 0 Å². The first-order valence-electron chi connectivity index (χ1n) is 10.7. The van der Waals surface area contributed by atoms with Gasteiger partial charge in [0.2, 0.25) is 10.0 Å². The van der Waals surface area contributed by atoms with Gasteiger partial charge in [-0.3, -0.25) is 18.8 Å². The van der Waals surface area contributed by atoms with Crippen LogP contribution in [0.3, 0.4) is 0 Å². The first-order valence-corrected chi connectivity index (χ1v) is 12.5. The number of anilines is 1. The van der Waals surface area contributed by atoms with E-state index in [1.54, 1.807) is 43.3 Å². The average molecular weight is 496 g/mol. The van der Waals surface area contributed by atoms with Gasteiger partial charge in [0.15, 0.2) is 5.78 Å². The molecule has 3 aromatic rings. The van der Waals surface area contributed by atoms with Crippen LogP contribution >= 0.6 is 0 Å². The molecule has 35 heavy (non-hydrogen) atoms. The molecule has 1 saturated heterocycles. The quantitative estimate of drug-likeness (QED) is 0.387. The fourth-order valence-corrected chi connectivity index (χ4v) is 5.36. The lowest BCUT2D eigenvalue weighted by molar-refractivity contribution is -0.130. The SMILES string of the molecule is CC1(c2cccc(-n3cnnn3)c2)NC(=O)N(CC(=O)c2ccc3c(c2)CCN3S(C)(=O)=O)C1=O. The Hall–Kier alpha value is -4.13. The third-order valence-electron chi connectivity index (χ3n) is 6.27. The minimum atomic E-state index is -3.41. The number of hydrogen-bond acceptors (Lipinski definition) is 8. The summed E-state index contributed by atoms with van der Waals surface area (Å²) in [7, 11) is -3.41. The Kier molecular flexibility index (Phi) is 5.16. The largest absolute Gasteiger partial charge is 0.325 e. The lowest BCUT2D eigenvalue weighted by Crippen LogP contribution is -2.41. The molecule has 1 aromatic heterocycles. The van der Waals surface area contributed by atoms with Crippen molar-refractivity contribution in [2.45, 2.75) is 18.9 Å². The van der Waals surface area contributed by atoms with Crippen molar-refractivity contribution in [3.05, 3.63) is 65.5 Å². The van der Waals surface area contributed by atoms with Crippen LogP contribution < -0.4 is 9.62 Å². The van der Waals surface area contributed by atoms with Crippen LogP contribution in [-0.2, 0) is 26.8 Å². The molecule has 3 heterocycles. The number of tetrazole rings is 1. The fourth-order valence-electron chi connectivity index (χ4n) is 4.40. The minimum Gasteiger partial charge on any atom is -0.319 e. The third-order valence-corrected chi connectivity index (χ3v) is 7.45. The number of nitrogens with one attached hydrogen (secondary N) is 1. The highest BCUT2D eigenvalue weighted by atomic mass is 32.2. The molecular weight excluding hydrogens is 474 g/mol. The van der Waals surface area contributed by atoms with E-state index in [4.69, 9.17) is 0 Å². The van der Waals surface area contributed by atoms with Crippen molar-refractivity contribution in [3.8, 4) is 5.69 Å². The molecule has 180 valence electrons. The highest BCUT2D eigenvalue weighted by Crippen LogP contribution is 2.32. The minimum absolute atomic E-state index is 0.300. The Bertz CT molecular complexity index is 1470. The van der Waals surface area contributed by atoms with Gasteiger partial charge in [0.1, 0.15) is 11.9 Å². The fraction of sp³-hybridized carbons (Fsp3) is 0.273. The summed E-state index contributed by atoms with van der Waals surface area (Å²) in [5, 5.41) is 13.7. The third kappa shape index (κ3) is 3.83. The Morgan fingerprint density at radius 1 is 1.17 bits per heavy atom. The number of carbonyl (C=O) groups is 3. The van der Waals surface area contributed by atoms with Crippen molar-refractivity contribution < 1.29 is 22.8 Å². The molecular formula is C22H21N7O5S. The van der Waals surface area contributed by atoms with Crippen LogP contribution in [0.2, 0.25) is 0 Å². The predicted molar refractivity (Wildman–Crippen MR) is 123 cm³/mol. The molecule has 0 aliphatic carbocycles. The molecule has 13 heteroatoms. The van der Waals surface area contributed by atoms with E-state index in [0.29, 0.717) is 35.5 Å². The number of carbonyl (C=O) groups excluding carboxylic acids is 3. The summed E-state index contributed by atoms with van der Waals surface area (Å²) in [5.74, 6) is -0.991. The zero-order valence-corrected chi connectivity index (χ0v) is 19.7. The zero-order chi connectivity index (χ0) is 25.0. The number of amides is 3. The molecule has 5 rings (SSSR count). The number of Topliss-reactive ketones (excluding diaryl/α,β-unsaturated/α-hetero) is 1. The summed E-state index contributed by atoms with van der Waals surface area (Å²) in [5.41, 5.74) is 1.30. The summed E-state index contributed by atoms with van der Waals surface area (Å²) in [6, 6.07) is 10.9. The number of urea groups is 1. The summed E-state index contributed by atoms with van der Waals surface area (Å²) < 4.78 is 26.6. The highest BCUT2D eigenvalue weighted by Gasteiger charge is 2.49. The van der Waals surface area contributed by atoms with E-state index in [1.165, 1.54) is 21.4 Å². The van der Waals surface area contributed by atoms with Gasteiger partial charge in [-0.25, -0.2) is 17.9 Å². The smallest absolute Gasteiger partial charge is 0.319 e. The van der Waals surface area contributed by atoms with Crippen LogP contribution in [0.15, 0.2) is 48.8 Å². The van der Waals surface area contributed by atoms with Gasteiger partial charge in [-0.1, -0.05) is 12.1 Å². The van der Waals surface area contributed by atoms with Gasteiger partial charge in [0, 0.05) is 12.1 Å². The van der Waals surface area contributed by atoms with Gasteiger partial charge in [-0.15, -0.1) is 5.10 Å². The van der Waals surface area contributed by atoms with Crippen LogP contribution in [0.5, 0.6) is 0 Å². The van der Waals surface area contributed by atoms with Gasteiger partial charge in [-0.05, 0) is 65.2 Å². The molecule has 0 spiro atoms. The Labute approximate surface area is 200 Å². The summed E-state index contributed by atoms with van der Waals surface area (Å²) in [6.07, 6.45) is 3.02. The maximum Gasteiger partial charge on any atom is 0.325 e.